The summed E-state index contributed by atoms with van der Waals surface area (Å²) in [6.45, 7) is 7.96. The van der Waals surface area contributed by atoms with Crippen molar-refractivity contribution in [3.05, 3.63) is 94.3 Å². The third kappa shape index (κ3) is 3.81. The second-order valence-electron chi connectivity index (χ2n) is 7.81. The molecule has 1 N–H and O–H groups in total. The van der Waals surface area contributed by atoms with E-state index < -0.39 is 0 Å². The number of nitrogens with one attached hydrogen (secondary N) is 1. The molecule has 0 saturated carbocycles. The Morgan fingerprint density at radius 2 is 1.57 bits per heavy atom. The van der Waals surface area contributed by atoms with Crippen molar-refractivity contribution in [2.45, 2.75) is 27.7 Å². The summed E-state index contributed by atoms with van der Waals surface area (Å²) in [5.41, 5.74) is 7.65. The van der Waals surface area contributed by atoms with Crippen molar-refractivity contribution < 1.29 is 9.18 Å². The lowest BCUT2D eigenvalue weighted by Crippen LogP contribution is -2.14. The van der Waals surface area contributed by atoms with Crippen LogP contribution in [0.3, 0.4) is 0 Å². The number of aryl methyl sites for hydroxylation is 4. The van der Waals surface area contributed by atoms with E-state index in [1.165, 1.54) is 12.1 Å². The molecule has 30 heavy (non-hydrogen) atoms. The summed E-state index contributed by atoms with van der Waals surface area (Å²) in [6, 6.07) is 18.0. The van der Waals surface area contributed by atoms with Crippen LogP contribution in [-0.2, 0) is 0 Å². The highest BCUT2D eigenvalue weighted by atomic mass is 19.1. The molecule has 0 spiro atoms. The van der Waals surface area contributed by atoms with E-state index in [-0.39, 0.29) is 11.7 Å². The van der Waals surface area contributed by atoms with Crippen LogP contribution < -0.4 is 5.32 Å². The highest BCUT2D eigenvalue weighted by molar-refractivity contribution is 6.13. The molecule has 1 amide bonds. The molecule has 0 unspecified atom stereocenters. The minimum Gasteiger partial charge on any atom is -0.322 e. The number of hydrogen-bond acceptors (Lipinski definition) is 2. The van der Waals surface area contributed by atoms with Gasteiger partial charge in [0.2, 0.25) is 0 Å². The van der Waals surface area contributed by atoms with Gasteiger partial charge in [-0.05, 0) is 86.8 Å². The van der Waals surface area contributed by atoms with Crippen molar-refractivity contribution in [1.82, 2.24) is 4.98 Å². The molecule has 0 aliphatic carbocycles. The summed E-state index contributed by atoms with van der Waals surface area (Å²) in [4.78, 5) is 18.1. The Morgan fingerprint density at radius 1 is 0.833 bits per heavy atom. The van der Waals surface area contributed by atoms with Crippen molar-refractivity contribution in [3.63, 3.8) is 0 Å². The highest BCUT2D eigenvalue weighted by Gasteiger charge is 2.17. The molecule has 0 atom stereocenters. The Morgan fingerprint density at radius 3 is 2.30 bits per heavy atom. The second-order valence-corrected chi connectivity index (χ2v) is 7.81. The summed E-state index contributed by atoms with van der Waals surface area (Å²) in [5.74, 6) is -0.497. The first-order chi connectivity index (χ1) is 14.3. The molecule has 0 aliphatic rings. The van der Waals surface area contributed by atoms with Crippen LogP contribution in [0.25, 0.3) is 22.2 Å². The lowest BCUT2D eigenvalue weighted by molar-refractivity contribution is 0.102. The van der Waals surface area contributed by atoms with Crippen molar-refractivity contribution >= 4 is 22.5 Å². The first kappa shape index (κ1) is 19.8. The Hall–Kier alpha value is -3.53. The average Bonchev–Trinajstić information content (AvgIpc) is 2.70. The van der Waals surface area contributed by atoms with Crippen LogP contribution in [0.2, 0.25) is 0 Å². The van der Waals surface area contributed by atoms with Crippen LogP contribution in [-0.4, -0.2) is 10.9 Å². The number of rotatable bonds is 3. The van der Waals surface area contributed by atoms with Gasteiger partial charge in [-0.1, -0.05) is 23.8 Å². The summed E-state index contributed by atoms with van der Waals surface area (Å²) in [5, 5.41) is 3.87. The van der Waals surface area contributed by atoms with Crippen molar-refractivity contribution in [3.8, 4) is 11.3 Å². The molecular weight excluding hydrogens is 375 g/mol. The molecule has 0 radical (unpaired) electrons. The van der Waals surface area contributed by atoms with Crippen LogP contribution in [0, 0.1) is 33.5 Å². The number of aromatic nitrogens is 1. The zero-order valence-electron chi connectivity index (χ0n) is 17.5. The number of benzene rings is 3. The molecule has 0 aliphatic heterocycles. The zero-order chi connectivity index (χ0) is 21.4. The van der Waals surface area contributed by atoms with Crippen molar-refractivity contribution in [2.24, 2.45) is 0 Å². The van der Waals surface area contributed by atoms with Gasteiger partial charge in [-0.15, -0.1) is 0 Å². The van der Waals surface area contributed by atoms with E-state index in [2.05, 4.69) is 11.4 Å². The monoisotopic (exact) mass is 398 g/mol. The van der Waals surface area contributed by atoms with E-state index >= 15 is 0 Å². The molecule has 3 nitrogen and oxygen atoms in total. The molecule has 1 heterocycles. The van der Waals surface area contributed by atoms with E-state index in [1.54, 1.807) is 18.2 Å². The Kier molecular flexibility index (Phi) is 5.08. The normalized spacial score (nSPS) is 11.0. The number of halogens is 1. The number of nitrogens with zero attached hydrogens (tertiary/aromatic N) is 1. The van der Waals surface area contributed by atoms with Gasteiger partial charge in [0.1, 0.15) is 5.82 Å². The molecule has 1 aromatic heterocycles. The third-order valence-electron chi connectivity index (χ3n) is 5.27. The molecule has 4 aromatic rings. The number of carbonyl (C=O) groups excluding carboxylic acids is 1. The summed E-state index contributed by atoms with van der Waals surface area (Å²) in [7, 11) is 0. The smallest absolute Gasteiger partial charge is 0.256 e. The second kappa shape index (κ2) is 7.71. The fourth-order valence-electron chi connectivity index (χ4n) is 3.70. The Bertz CT molecular complexity index is 1280. The number of amides is 1. The molecule has 3 aromatic carbocycles. The van der Waals surface area contributed by atoms with Gasteiger partial charge in [-0.3, -0.25) is 4.79 Å². The largest absolute Gasteiger partial charge is 0.322 e. The lowest BCUT2D eigenvalue weighted by atomic mass is 9.99. The summed E-state index contributed by atoms with van der Waals surface area (Å²) < 4.78 is 13.4. The van der Waals surface area contributed by atoms with E-state index in [1.807, 2.05) is 52.0 Å². The fraction of sp³-hybridized carbons (Fsp3) is 0.154. The van der Waals surface area contributed by atoms with Gasteiger partial charge in [0, 0.05) is 16.6 Å². The van der Waals surface area contributed by atoms with Gasteiger partial charge in [-0.25, -0.2) is 9.37 Å². The van der Waals surface area contributed by atoms with Crippen molar-refractivity contribution in [2.75, 3.05) is 5.32 Å². The number of anilines is 1. The number of carbonyl (C=O) groups is 1. The van der Waals surface area contributed by atoms with Gasteiger partial charge in [-0.2, -0.15) is 0 Å². The Balaban J connectivity index is 1.89. The molecule has 0 bridgehead atoms. The third-order valence-corrected chi connectivity index (χ3v) is 5.27. The van der Waals surface area contributed by atoms with Crippen molar-refractivity contribution in [1.29, 1.82) is 0 Å². The maximum atomic E-state index is 13.4. The fourth-order valence-corrected chi connectivity index (χ4v) is 3.70. The molecule has 0 fully saturated rings. The first-order valence-corrected chi connectivity index (χ1v) is 9.88. The van der Waals surface area contributed by atoms with Gasteiger partial charge < -0.3 is 5.32 Å². The maximum Gasteiger partial charge on any atom is 0.256 e. The van der Waals surface area contributed by atoms with E-state index in [9.17, 15) is 9.18 Å². The zero-order valence-corrected chi connectivity index (χ0v) is 17.5. The lowest BCUT2D eigenvalue weighted by Gasteiger charge is -2.14. The standard InChI is InChI=1S/C26H23FN2O/c1-15-5-6-17(3)23(13-15)29-26(30)22-14-24(19-7-9-20(27)10-8-19)28-25-18(4)11-16(2)12-21(22)25/h5-14H,1-4H3,(H,29,30). The number of pyridine rings is 1. The van der Waals surface area contributed by atoms with E-state index in [4.69, 9.17) is 4.98 Å². The van der Waals surface area contributed by atoms with Crippen LogP contribution in [0.4, 0.5) is 10.1 Å². The predicted molar refractivity (Wildman–Crippen MR) is 120 cm³/mol. The van der Waals surface area contributed by atoms with Gasteiger partial charge in [0.15, 0.2) is 0 Å². The predicted octanol–water partition coefficient (Wildman–Crippen LogP) is 6.53. The molecule has 150 valence electrons. The topological polar surface area (TPSA) is 42.0 Å². The molecular formula is C26H23FN2O. The van der Waals surface area contributed by atoms with Gasteiger partial charge in [0.25, 0.3) is 5.91 Å². The Labute approximate surface area is 175 Å². The SMILES string of the molecule is Cc1ccc(C)c(NC(=O)c2cc(-c3ccc(F)cc3)nc3c(C)cc(C)cc23)c1. The quantitative estimate of drug-likeness (QED) is 0.426. The first-order valence-electron chi connectivity index (χ1n) is 9.88. The minimum absolute atomic E-state index is 0.190. The molecule has 0 saturated heterocycles. The maximum absolute atomic E-state index is 13.4. The number of fused-ring (bicyclic) bond motifs is 1. The van der Waals surface area contributed by atoms with Crippen LogP contribution in [0.1, 0.15) is 32.6 Å². The minimum atomic E-state index is -0.306. The molecule has 4 heteroatoms. The number of hydrogen-bond donors (Lipinski definition) is 1. The molecule has 4 rings (SSSR count). The van der Waals surface area contributed by atoms with Crippen LogP contribution in [0.15, 0.2) is 60.7 Å². The van der Waals surface area contributed by atoms with E-state index in [0.717, 1.165) is 44.4 Å². The van der Waals surface area contributed by atoms with Gasteiger partial charge >= 0.3 is 0 Å². The van der Waals surface area contributed by atoms with Gasteiger partial charge in [0.05, 0.1) is 16.8 Å². The average molecular weight is 398 g/mol. The highest BCUT2D eigenvalue weighted by Crippen LogP contribution is 2.29. The summed E-state index contributed by atoms with van der Waals surface area (Å²) >= 11 is 0. The van der Waals surface area contributed by atoms with E-state index in [0.29, 0.717) is 11.3 Å². The summed E-state index contributed by atoms with van der Waals surface area (Å²) in [6.07, 6.45) is 0. The van der Waals surface area contributed by atoms with Crippen LogP contribution >= 0.6 is 0 Å². The van der Waals surface area contributed by atoms with Crippen LogP contribution in [0.5, 0.6) is 0 Å².